The molecule has 8 nitrogen and oxygen atoms in total. The molecule has 23 heavy (non-hydrogen) atoms. The standard InChI is InChI=1S/C14H13ClN4O4/c1-7-5-9(18-14(22)17-7)13(21)19-16-6-8-3-4-10(23-2)12(20)11(8)15/h3-6,20H,1-2H3,(H,19,21)(H,17,18,22)/b16-6+. The van der Waals surface area contributed by atoms with E-state index in [0.29, 0.717) is 11.3 Å². The highest BCUT2D eigenvalue weighted by atomic mass is 35.5. The Morgan fingerprint density at radius 3 is 2.91 bits per heavy atom. The van der Waals surface area contributed by atoms with Crippen LogP contribution in [0.1, 0.15) is 21.7 Å². The van der Waals surface area contributed by atoms with Gasteiger partial charge in [-0.15, -0.1) is 0 Å². The minimum Gasteiger partial charge on any atom is -0.503 e. The fourth-order valence-electron chi connectivity index (χ4n) is 1.74. The number of halogens is 1. The Hall–Kier alpha value is -2.87. The number of H-pyrrole nitrogens is 1. The topological polar surface area (TPSA) is 117 Å². The van der Waals surface area contributed by atoms with E-state index in [1.54, 1.807) is 13.0 Å². The molecule has 0 saturated heterocycles. The first-order chi connectivity index (χ1) is 10.9. The summed E-state index contributed by atoms with van der Waals surface area (Å²) >= 11 is 5.96. The van der Waals surface area contributed by atoms with E-state index in [1.807, 2.05) is 0 Å². The molecule has 0 radical (unpaired) electrons. The Morgan fingerprint density at radius 2 is 2.26 bits per heavy atom. The monoisotopic (exact) mass is 336 g/mol. The van der Waals surface area contributed by atoms with Crippen LogP contribution < -0.4 is 15.9 Å². The molecule has 0 spiro atoms. The zero-order valence-corrected chi connectivity index (χ0v) is 13.0. The van der Waals surface area contributed by atoms with E-state index in [9.17, 15) is 14.7 Å². The lowest BCUT2D eigenvalue weighted by Crippen LogP contribution is -2.24. The number of phenols is 1. The van der Waals surface area contributed by atoms with E-state index in [1.165, 1.54) is 25.5 Å². The molecule has 0 aliphatic heterocycles. The molecule has 0 atom stereocenters. The predicted molar refractivity (Wildman–Crippen MR) is 84.3 cm³/mol. The van der Waals surface area contributed by atoms with Gasteiger partial charge in [0.25, 0.3) is 5.91 Å². The van der Waals surface area contributed by atoms with Crippen molar-refractivity contribution in [3.8, 4) is 11.5 Å². The Kier molecular flexibility index (Phi) is 4.97. The van der Waals surface area contributed by atoms with Crippen molar-refractivity contribution in [3.05, 3.63) is 50.7 Å². The molecule has 0 bridgehead atoms. The van der Waals surface area contributed by atoms with Gasteiger partial charge in [-0.2, -0.15) is 10.1 Å². The van der Waals surface area contributed by atoms with Gasteiger partial charge in [0.1, 0.15) is 5.69 Å². The molecule has 120 valence electrons. The number of aromatic nitrogens is 2. The Balaban J connectivity index is 2.14. The van der Waals surface area contributed by atoms with Crippen molar-refractivity contribution in [1.29, 1.82) is 0 Å². The Labute approximate surface area is 135 Å². The highest BCUT2D eigenvalue weighted by Gasteiger charge is 2.11. The number of carbonyl (C=O) groups is 1. The van der Waals surface area contributed by atoms with Gasteiger partial charge in [0.2, 0.25) is 0 Å². The summed E-state index contributed by atoms with van der Waals surface area (Å²) in [4.78, 5) is 29.0. The molecule has 3 N–H and O–H groups in total. The van der Waals surface area contributed by atoms with Crippen molar-refractivity contribution in [1.82, 2.24) is 15.4 Å². The number of hydrazone groups is 1. The Bertz CT molecular complexity index is 832. The van der Waals surface area contributed by atoms with Crippen molar-refractivity contribution in [3.63, 3.8) is 0 Å². The minimum atomic E-state index is -0.649. The summed E-state index contributed by atoms with van der Waals surface area (Å²) in [6.45, 7) is 1.63. The summed E-state index contributed by atoms with van der Waals surface area (Å²) in [6, 6.07) is 4.48. The van der Waals surface area contributed by atoms with Crippen LogP contribution >= 0.6 is 11.6 Å². The highest BCUT2D eigenvalue weighted by Crippen LogP contribution is 2.35. The number of rotatable bonds is 4. The molecule has 1 heterocycles. The smallest absolute Gasteiger partial charge is 0.345 e. The molecule has 1 amide bonds. The molecule has 1 aromatic carbocycles. The molecule has 0 fully saturated rings. The summed E-state index contributed by atoms with van der Waals surface area (Å²) in [6.07, 6.45) is 1.25. The molecule has 2 rings (SSSR count). The summed E-state index contributed by atoms with van der Waals surface area (Å²) in [5, 5.41) is 13.5. The maximum absolute atomic E-state index is 11.8. The quantitative estimate of drug-likeness (QED) is 0.573. The molecular formula is C14H13ClN4O4. The number of nitrogens with zero attached hydrogens (tertiary/aromatic N) is 2. The normalized spacial score (nSPS) is 10.7. The number of aryl methyl sites for hydroxylation is 1. The first-order valence-corrected chi connectivity index (χ1v) is 6.77. The van der Waals surface area contributed by atoms with Crippen molar-refractivity contribution in [2.75, 3.05) is 7.11 Å². The van der Waals surface area contributed by atoms with Gasteiger partial charge in [-0.25, -0.2) is 10.2 Å². The van der Waals surface area contributed by atoms with Crippen LogP contribution in [0.2, 0.25) is 5.02 Å². The van der Waals surface area contributed by atoms with E-state index in [2.05, 4.69) is 20.5 Å². The first kappa shape index (κ1) is 16.5. The highest BCUT2D eigenvalue weighted by molar-refractivity contribution is 6.34. The number of nitrogens with one attached hydrogen (secondary N) is 2. The van der Waals surface area contributed by atoms with Gasteiger partial charge in [0, 0.05) is 11.3 Å². The van der Waals surface area contributed by atoms with Crippen LogP contribution in [0, 0.1) is 6.92 Å². The summed E-state index contributed by atoms with van der Waals surface area (Å²) < 4.78 is 4.91. The first-order valence-electron chi connectivity index (χ1n) is 6.39. The average Bonchev–Trinajstić information content (AvgIpc) is 2.50. The number of hydrogen-bond donors (Lipinski definition) is 3. The van der Waals surface area contributed by atoms with Crippen LogP contribution in [0.5, 0.6) is 11.5 Å². The average molecular weight is 337 g/mol. The molecule has 0 saturated carbocycles. The van der Waals surface area contributed by atoms with Crippen molar-refractivity contribution in [2.24, 2.45) is 5.10 Å². The third-order valence-corrected chi connectivity index (χ3v) is 3.21. The SMILES string of the molecule is COc1ccc(/C=N/NC(=O)c2cc(C)[nH]c(=O)n2)c(Cl)c1O. The lowest BCUT2D eigenvalue weighted by atomic mass is 10.2. The summed E-state index contributed by atoms with van der Waals surface area (Å²) in [5.41, 5.74) is 2.41. The van der Waals surface area contributed by atoms with Crippen LogP contribution in [-0.2, 0) is 0 Å². The number of ether oxygens (including phenoxy) is 1. The second kappa shape index (κ2) is 6.93. The fourth-order valence-corrected chi connectivity index (χ4v) is 1.95. The summed E-state index contributed by atoms with van der Waals surface area (Å²) in [5.74, 6) is -0.653. The molecule has 1 aromatic heterocycles. The molecular weight excluding hydrogens is 324 g/mol. The third-order valence-electron chi connectivity index (χ3n) is 2.81. The van der Waals surface area contributed by atoms with E-state index >= 15 is 0 Å². The van der Waals surface area contributed by atoms with E-state index < -0.39 is 11.6 Å². The number of carbonyl (C=O) groups excluding carboxylic acids is 1. The van der Waals surface area contributed by atoms with Crippen molar-refractivity contribution < 1.29 is 14.6 Å². The molecule has 0 unspecified atom stereocenters. The van der Waals surface area contributed by atoms with Crippen LogP contribution in [0.4, 0.5) is 0 Å². The van der Waals surface area contributed by atoms with Crippen LogP contribution in [0.15, 0.2) is 28.1 Å². The van der Waals surface area contributed by atoms with Gasteiger partial charge in [0.15, 0.2) is 11.5 Å². The molecule has 0 aliphatic rings. The molecule has 9 heteroatoms. The second-order valence-corrected chi connectivity index (χ2v) is 4.85. The summed E-state index contributed by atoms with van der Waals surface area (Å²) in [7, 11) is 1.40. The van der Waals surface area contributed by atoms with Crippen molar-refractivity contribution >= 4 is 23.7 Å². The van der Waals surface area contributed by atoms with Crippen molar-refractivity contribution in [2.45, 2.75) is 6.92 Å². The number of methoxy groups -OCH3 is 1. The number of amides is 1. The minimum absolute atomic E-state index is 0.0347. The van der Waals surface area contributed by atoms with Gasteiger partial charge in [-0.1, -0.05) is 11.6 Å². The number of phenolic OH excluding ortho intramolecular Hbond substituents is 1. The largest absolute Gasteiger partial charge is 0.503 e. The van der Waals surface area contributed by atoms with E-state index in [-0.39, 0.29) is 22.2 Å². The maximum atomic E-state index is 11.8. The second-order valence-electron chi connectivity index (χ2n) is 4.47. The lowest BCUT2D eigenvalue weighted by molar-refractivity contribution is 0.0949. The zero-order valence-electron chi connectivity index (χ0n) is 12.3. The fraction of sp³-hybridized carbons (Fsp3) is 0.143. The Morgan fingerprint density at radius 1 is 1.52 bits per heavy atom. The van der Waals surface area contributed by atoms with Gasteiger partial charge < -0.3 is 14.8 Å². The molecule has 0 aliphatic carbocycles. The van der Waals surface area contributed by atoms with Crippen LogP contribution in [-0.4, -0.2) is 34.3 Å². The van der Waals surface area contributed by atoms with Gasteiger partial charge in [-0.3, -0.25) is 4.79 Å². The maximum Gasteiger partial charge on any atom is 0.345 e. The number of aromatic amines is 1. The number of aromatic hydroxyl groups is 1. The number of hydrogen-bond acceptors (Lipinski definition) is 6. The lowest BCUT2D eigenvalue weighted by Gasteiger charge is -2.06. The van der Waals surface area contributed by atoms with Crippen LogP contribution in [0.25, 0.3) is 0 Å². The van der Waals surface area contributed by atoms with E-state index in [4.69, 9.17) is 16.3 Å². The van der Waals surface area contributed by atoms with Crippen LogP contribution in [0.3, 0.4) is 0 Å². The zero-order chi connectivity index (χ0) is 17.0. The molecule has 2 aromatic rings. The van der Waals surface area contributed by atoms with Gasteiger partial charge in [-0.05, 0) is 25.1 Å². The van der Waals surface area contributed by atoms with Gasteiger partial charge in [0.05, 0.1) is 18.3 Å². The number of benzene rings is 1. The third kappa shape index (κ3) is 3.86. The predicted octanol–water partition coefficient (Wildman–Crippen LogP) is 1.21. The van der Waals surface area contributed by atoms with E-state index in [0.717, 1.165) is 0 Å². The van der Waals surface area contributed by atoms with Gasteiger partial charge >= 0.3 is 5.69 Å².